The first-order chi connectivity index (χ1) is 5.22. The molecule has 0 aliphatic rings. The molecule has 0 saturated carbocycles. The summed E-state index contributed by atoms with van der Waals surface area (Å²) >= 11 is 0. The molecule has 5 heteroatoms. The van der Waals surface area contributed by atoms with Crippen molar-refractivity contribution in [3.63, 3.8) is 0 Å². The van der Waals surface area contributed by atoms with Crippen LogP contribution in [0.2, 0.25) is 0 Å². The van der Waals surface area contributed by atoms with Gasteiger partial charge in [0.25, 0.3) is 0 Å². The summed E-state index contributed by atoms with van der Waals surface area (Å²) in [5, 5.41) is 9.08. The Morgan fingerprint density at radius 2 is 1.83 bits per heavy atom. The number of hydrogen-bond donors (Lipinski definition) is 2. The molecule has 3 nitrogen and oxygen atoms in total. The summed E-state index contributed by atoms with van der Waals surface area (Å²) in [6.07, 6.45) is 0. The molecule has 0 aliphatic heterocycles. The minimum Gasteiger partial charge on any atom is -0.378 e. The van der Waals surface area contributed by atoms with E-state index in [1.165, 1.54) is 0 Å². The summed E-state index contributed by atoms with van der Waals surface area (Å²) in [5.74, 6) is -1.22. The first-order valence-corrected chi connectivity index (χ1v) is 4.61. The van der Waals surface area contributed by atoms with Crippen LogP contribution in [0.25, 0.3) is 0 Å². The fraction of sp³-hybridized carbons (Fsp3) is 0.143. The third kappa shape index (κ3) is 3.81. The van der Waals surface area contributed by atoms with E-state index in [9.17, 15) is 4.57 Å². The van der Waals surface area contributed by atoms with Crippen molar-refractivity contribution in [1.82, 2.24) is 0 Å². The molecule has 2 N–H and O–H groups in total. The molecule has 0 amide bonds. The largest absolute Gasteiger partial charge is 1.00 e. The first-order valence-electron chi connectivity index (χ1n) is 3.17. The molecule has 0 saturated heterocycles. The van der Waals surface area contributed by atoms with E-state index in [0.29, 0.717) is 5.56 Å². The Kier molecular flexibility index (Phi) is 7.00. The number of benzene rings is 1. The maximum absolute atomic E-state index is 10.4. The first kappa shape index (κ1) is 13.0. The summed E-state index contributed by atoms with van der Waals surface area (Å²) in [6, 6.07) is 8.43. The molecular formula is C7H11KO3P+3. The Labute approximate surface area is 117 Å². The minimum atomic E-state index is -2.86. The fourth-order valence-electron chi connectivity index (χ4n) is 0.778. The second kappa shape index (κ2) is 6.46. The number of aliphatic hydroxyl groups is 1. The van der Waals surface area contributed by atoms with Gasteiger partial charge in [-0.15, -0.1) is 0 Å². The molecule has 0 aliphatic carbocycles. The van der Waals surface area contributed by atoms with Crippen LogP contribution in [0.1, 0.15) is 14.3 Å². The zero-order valence-corrected chi connectivity index (χ0v) is 10.9. The average molecular weight is 213 g/mol. The molecule has 0 fully saturated rings. The smallest absolute Gasteiger partial charge is 0.378 e. The second-order valence-electron chi connectivity index (χ2n) is 2.15. The molecular weight excluding hydrogens is 202 g/mol. The van der Waals surface area contributed by atoms with E-state index in [4.69, 9.17) is 10.00 Å². The van der Waals surface area contributed by atoms with Crippen LogP contribution in [-0.2, 0) is 4.57 Å². The van der Waals surface area contributed by atoms with Gasteiger partial charge in [0.1, 0.15) is 0 Å². The normalized spacial score (nSPS) is 14.5. The van der Waals surface area contributed by atoms with Crippen LogP contribution < -0.4 is 51.4 Å². The molecule has 0 bridgehead atoms. The summed E-state index contributed by atoms with van der Waals surface area (Å²) in [5.41, 5.74) is 0.485. The Balaban J connectivity index is -0.000000403. The van der Waals surface area contributed by atoms with Crippen molar-refractivity contribution in [1.29, 1.82) is 0 Å². The van der Waals surface area contributed by atoms with Crippen LogP contribution in [0.4, 0.5) is 0 Å². The van der Waals surface area contributed by atoms with Crippen LogP contribution in [-0.4, -0.2) is 10.00 Å². The quantitative estimate of drug-likeness (QED) is 0.458. The Bertz CT molecular complexity index is 260. The molecule has 1 aromatic rings. The standard InChI is InChI=1S/C7H9O3P.K/c8-7(11(9)10)6-4-2-1-3-5-6;/h1-5,7-8,11H,(H,9,10);/q;+1/p+2. The Morgan fingerprint density at radius 1 is 1.33 bits per heavy atom. The molecule has 2 unspecified atom stereocenters. The zero-order valence-electron chi connectivity index (χ0n) is 8.77. The van der Waals surface area contributed by atoms with Gasteiger partial charge in [-0.1, -0.05) is 30.3 Å². The third-order valence-corrected chi connectivity index (χ3v) is 2.15. The van der Waals surface area contributed by atoms with Crippen molar-refractivity contribution >= 4 is 8.03 Å². The summed E-state index contributed by atoms with van der Waals surface area (Å²) in [7, 11) is -2.86. The van der Waals surface area contributed by atoms with Gasteiger partial charge in [-0.05, 0) is 5.56 Å². The predicted octanol–water partition coefficient (Wildman–Crippen LogP) is -1.63. The fourth-order valence-corrected chi connectivity index (χ4v) is 1.26. The zero-order chi connectivity index (χ0) is 8.27. The predicted molar refractivity (Wildman–Crippen MR) is 44.8 cm³/mol. The molecule has 2 atom stereocenters. The number of aliphatic hydroxyl groups excluding tert-OH is 1. The summed E-state index contributed by atoms with van der Waals surface area (Å²) in [4.78, 5) is 8.57. The van der Waals surface area contributed by atoms with Gasteiger partial charge in [-0.2, -0.15) is 0 Å². The van der Waals surface area contributed by atoms with E-state index < -0.39 is 13.9 Å². The van der Waals surface area contributed by atoms with Gasteiger partial charge < -0.3 is 10.00 Å². The van der Waals surface area contributed by atoms with Crippen molar-refractivity contribution < 1.29 is 68.8 Å². The van der Waals surface area contributed by atoms with Gasteiger partial charge in [-0.3, -0.25) is 4.57 Å². The van der Waals surface area contributed by atoms with Crippen molar-refractivity contribution in [2.45, 2.75) is 5.85 Å². The molecule has 1 aromatic carbocycles. The average Bonchev–Trinajstić information content (AvgIpc) is 2.05. The Hall–Kier alpha value is 1.01. The van der Waals surface area contributed by atoms with Crippen LogP contribution in [0.3, 0.4) is 0 Å². The van der Waals surface area contributed by atoms with Crippen LogP contribution in [0.15, 0.2) is 30.3 Å². The van der Waals surface area contributed by atoms with Gasteiger partial charge in [0, 0.05) is 0 Å². The van der Waals surface area contributed by atoms with Crippen LogP contribution >= 0.6 is 8.03 Å². The van der Waals surface area contributed by atoms with Gasteiger partial charge in [-0.25, -0.2) is 0 Å². The number of rotatable bonds is 2. The molecule has 1 rings (SSSR count). The summed E-state index contributed by atoms with van der Waals surface area (Å²) < 4.78 is 10.4. The van der Waals surface area contributed by atoms with E-state index in [1.807, 2.05) is 0 Å². The SMILES string of the molecule is O=[PH](O)C(O)c1ccccc1.[H+].[H+].[K+]. The molecule has 0 aromatic heterocycles. The van der Waals surface area contributed by atoms with Crippen molar-refractivity contribution in [3.05, 3.63) is 35.9 Å². The maximum atomic E-state index is 10.4. The van der Waals surface area contributed by atoms with E-state index in [2.05, 4.69) is 0 Å². The van der Waals surface area contributed by atoms with Crippen molar-refractivity contribution in [3.8, 4) is 0 Å². The topological polar surface area (TPSA) is 57.5 Å². The second-order valence-corrected chi connectivity index (χ2v) is 3.37. The van der Waals surface area contributed by atoms with Gasteiger partial charge in [0.2, 0.25) is 8.03 Å². The Morgan fingerprint density at radius 3 is 2.25 bits per heavy atom. The van der Waals surface area contributed by atoms with E-state index in [0.717, 1.165) is 0 Å². The van der Waals surface area contributed by atoms with Gasteiger partial charge in [0.05, 0.1) is 0 Å². The van der Waals surface area contributed by atoms with Gasteiger partial charge in [0.15, 0.2) is 5.85 Å². The number of hydrogen-bond acceptors (Lipinski definition) is 2. The van der Waals surface area contributed by atoms with E-state index in [1.54, 1.807) is 30.3 Å². The molecule has 0 radical (unpaired) electrons. The molecule has 12 heavy (non-hydrogen) atoms. The van der Waals surface area contributed by atoms with Crippen molar-refractivity contribution in [2.24, 2.45) is 0 Å². The van der Waals surface area contributed by atoms with Crippen LogP contribution in [0, 0.1) is 0 Å². The monoisotopic (exact) mass is 213 g/mol. The minimum absolute atomic E-state index is 0. The van der Waals surface area contributed by atoms with Crippen molar-refractivity contribution in [2.75, 3.05) is 0 Å². The third-order valence-electron chi connectivity index (χ3n) is 1.35. The van der Waals surface area contributed by atoms with E-state index >= 15 is 0 Å². The van der Waals surface area contributed by atoms with Gasteiger partial charge >= 0.3 is 54.2 Å². The summed E-state index contributed by atoms with van der Waals surface area (Å²) in [6.45, 7) is 0. The molecule has 0 heterocycles. The maximum Gasteiger partial charge on any atom is 1.00 e. The molecule has 60 valence electrons. The van der Waals surface area contributed by atoms with Crippen LogP contribution in [0.5, 0.6) is 0 Å². The molecule has 0 spiro atoms. The van der Waals surface area contributed by atoms with E-state index in [-0.39, 0.29) is 54.2 Å².